The second kappa shape index (κ2) is 6.43. The molecule has 0 spiro atoms. The SMILES string of the molecule is CCCNC(c1cccnc1)c1ccc(C)c(F)c1. The summed E-state index contributed by atoms with van der Waals surface area (Å²) in [5.74, 6) is -0.162. The number of benzene rings is 1. The van der Waals surface area contributed by atoms with Crippen LogP contribution in [0.5, 0.6) is 0 Å². The van der Waals surface area contributed by atoms with Crippen molar-refractivity contribution in [2.75, 3.05) is 6.54 Å². The minimum atomic E-state index is -0.162. The summed E-state index contributed by atoms with van der Waals surface area (Å²) in [6, 6.07) is 9.30. The number of nitrogens with one attached hydrogen (secondary N) is 1. The van der Waals surface area contributed by atoms with Crippen molar-refractivity contribution in [2.45, 2.75) is 26.3 Å². The van der Waals surface area contributed by atoms with Crippen molar-refractivity contribution in [3.8, 4) is 0 Å². The second-order valence-corrected chi connectivity index (χ2v) is 4.68. The van der Waals surface area contributed by atoms with Crippen molar-refractivity contribution in [2.24, 2.45) is 0 Å². The van der Waals surface area contributed by atoms with E-state index in [0.717, 1.165) is 24.1 Å². The summed E-state index contributed by atoms with van der Waals surface area (Å²) in [6.45, 7) is 4.77. The molecular formula is C16H19FN2. The van der Waals surface area contributed by atoms with Crippen LogP contribution in [-0.2, 0) is 0 Å². The molecule has 1 heterocycles. The van der Waals surface area contributed by atoms with Crippen LogP contribution in [0.1, 0.15) is 36.1 Å². The lowest BCUT2D eigenvalue weighted by atomic mass is 9.98. The van der Waals surface area contributed by atoms with E-state index in [1.54, 1.807) is 19.2 Å². The van der Waals surface area contributed by atoms with E-state index in [1.807, 2.05) is 30.5 Å². The fourth-order valence-corrected chi connectivity index (χ4v) is 2.05. The maximum absolute atomic E-state index is 13.7. The average Bonchev–Trinajstić information content (AvgIpc) is 2.44. The lowest BCUT2D eigenvalue weighted by Crippen LogP contribution is -2.23. The molecule has 0 aliphatic rings. The Labute approximate surface area is 113 Å². The van der Waals surface area contributed by atoms with Crippen molar-refractivity contribution in [3.05, 3.63) is 65.2 Å². The molecule has 0 radical (unpaired) electrons. The molecule has 1 unspecified atom stereocenters. The highest BCUT2D eigenvalue weighted by Crippen LogP contribution is 2.23. The molecule has 0 aliphatic heterocycles. The first kappa shape index (κ1) is 13.7. The molecule has 1 aromatic heterocycles. The van der Waals surface area contributed by atoms with Crippen molar-refractivity contribution < 1.29 is 4.39 Å². The van der Waals surface area contributed by atoms with Crippen LogP contribution in [0.15, 0.2) is 42.7 Å². The maximum atomic E-state index is 13.7. The molecular weight excluding hydrogens is 239 g/mol. The smallest absolute Gasteiger partial charge is 0.126 e. The molecule has 2 nitrogen and oxygen atoms in total. The molecule has 0 bridgehead atoms. The van der Waals surface area contributed by atoms with Crippen LogP contribution in [0.4, 0.5) is 4.39 Å². The number of halogens is 1. The van der Waals surface area contributed by atoms with E-state index >= 15 is 0 Å². The molecule has 0 saturated carbocycles. The van der Waals surface area contributed by atoms with Gasteiger partial charge in [0, 0.05) is 12.4 Å². The summed E-state index contributed by atoms with van der Waals surface area (Å²) >= 11 is 0. The van der Waals surface area contributed by atoms with Crippen LogP contribution in [0, 0.1) is 12.7 Å². The molecule has 1 aromatic carbocycles. The molecule has 19 heavy (non-hydrogen) atoms. The summed E-state index contributed by atoms with van der Waals surface area (Å²) in [7, 11) is 0. The summed E-state index contributed by atoms with van der Waals surface area (Å²) < 4.78 is 13.7. The minimum absolute atomic E-state index is 0.0104. The van der Waals surface area contributed by atoms with Crippen molar-refractivity contribution >= 4 is 0 Å². The van der Waals surface area contributed by atoms with Gasteiger partial charge in [0.2, 0.25) is 0 Å². The Morgan fingerprint density at radius 3 is 2.74 bits per heavy atom. The number of pyridine rings is 1. The van der Waals surface area contributed by atoms with Crippen molar-refractivity contribution in [1.29, 1.82) is 0 Å². The normalized spacial score (nSPS) is 12.4. The van der Waals surface area contributed by atoms with E-state index in [-0.39, 0.29) is 11.9 Å². The number of aromatic nitrogens is 1. The van der Waals surface area contributed by atoms with E-state index in [2.05, 4.69) is 17.2 Å². The average molecular weight is 258 g/mol. The Morgan fingerprint density at radius 1 is 1.26 bits per heavy atom. The van der Waals surface area contributed by atoms with Gasteiger partial charge in [0.15, 0.2) is 0 Å². The van der Waals surface area contributed by atoms with Gasteiger partial charge < -0.3 is 5.32 Å². The Morgan fingerprint density at radius 2 is 2.11 bits per heavy atom. The lowest BCUT2D eigenvalue weighted by molar-refractivity contribution is 0.581. The fraction of sp³-hybridized carbons (Fsp3) is 0.312. The van der Waals surface area contributed by atoms with E-state index in [1.165, 1.54) is 0 Å². The summed E-state index contributed by atoms with van der Waals surface area (Å²) in [6.07, 6.45) is 4.60. The number of rotatable bonds is 5. The number of hydrogen-bond donors (Lipinski definition) is 1. The first-order chi connectivity index (χ1) is 9.22. The monoisotopic (exact) mass is 258 g/mol. The number of nitrogens with zero attached hydrogens (tertiary/aromatic N) is 1. The largest absolute Gasteiger partial charge is 0.306 e. The highest BCUT2D eigenvalue weighted by molar-refractivity contribution is 5.32. The quantitative estimate of drug-likeness (QED) is 0.886. The van der Waals surface area contributed by atoms with Gasteiger partial charge in [-0.2, -0.15) is 0 Å². The zero-order valence-electron chi connectivity index (χ0n) is 11.4. The Kier molecular flexibility index (Phi) is 4.63. The summed E-state index contributed by atoms with van der Waals surface area (Å²) in [5.41, 5.74) is 2.66. The fourth-order valence-electron chi connectivity index (χ4n) is 2.05. The standard InChI is InChI=1S/C16H19FN2/c1-3-8-19-16(14-5-4-9-18-11-14)13-7-6-12(2)15(17)10-13/h4-7,9-11,16,19H,3,8H2,1-2H3. The van der Waals surface area contributed by atoms with E-state index < -0.39 is 0 Å². The van der Waals surface area contributed by atoms with Gasteiger partial charge in [-0.3, -0.25) is 4.98 Å². The van der Waals surface area contributed by atoms with Gasteiger partial charge >= 0.3 is 0 Å². The molecule has 1 atom stereocenters. The van der Waals surface area contributed by atoms with Gasteiger partial charge in [-0.25, -0.2) is 4.39 Å². The van der Waals surface area contributed by atoms with Crippen LogP contribution < -0.4 is 5.32 Å². The molecule has 1 N–H and O–H groups in total. The van der Waals surface area contributed by atoms with Crippen LogP contribution in [0.2, 0.25) is 0 Å². The minimum Gasteiger partial charge on any atom is -0.306 e. The molecule has 2 rings (SSSR count). The summed E-state index contributed by atoms with van der Waals surface area (Å²) in [4.78, 5) is 4.15. The molecule has 100 valence electrons. The third-order valence-electron chi connectivity index (χ3n) is 3.15. The number of hydrogen-bond acceptors (Lipinski definition) is 2. The van der Waals surface area contributed by atoms with Gasteiger partial charge in [-0.15, -0.1) is 0 Å². The molecule has 0 aliphatic carbocycles. The Balaban J connectivity index is 2.34. The van der Waals surface area contributed by atoms with E-state index in [4.69, 9.17) is 0 Å². The topological polar surface area (TPSA) is 24.9 Å². The highest BCUT2D eigenvalue weighted by Gasteiger charge is 2.14. The maximum Gasteiger partial charge on any atom is 0.126 e. The van der Waals surface area contributed by atoms with Gasteiger partial charge in [0.25, 0.3) is 0 Å². The number of aryl methyl sites for hydroxylation is 1. The van der Waals surface area contributed by atoms with Crippen LogP contribution in [0.3, 0.4) is 0 Å². The molecule has 2 aromatic rings. The van der Waals surface area contributed by atoms with Crippen LogP contribution in [0.25, 0.3) is 0 Å². The predicted octanol–water partition coefficient (Wildman–Crippen LogP) is 3.62. The van der Waals surface area contributed by atoms with E-state index in [0.29, 0.717) is 5.56 Å². The Bertz CT molecular complexity index is 526. The molecule has 0 amide bonds. The zero-order valence-corrected chi connectivity index (χ0v) is 11.4. The van der Waals surface area contributed by atoms with E-state index in [9.17, 15) is 4.39 Å². The molecule has 3 heteroatoms. The highest BCUT2D eigenvalue weighted by atomic mass is 19.1. The van der Waals surface area contributed by atoms with Crippen LogP contribution >= 0.6 is 0 Å². The van der Waals surface area contributed by atoms with Crippen molar-refractivity contribution in [3.63, 3.8) is 0 Å². The van der Waals surface area contributed by atoms with Gasteiger partial charge in [-0.05, 0) is 48.7 Å². The first-order valence-electron chi connectivity index (χ1n) is 6.61. The lowest BCUT2D eigenvalue weighted by Gasteiger charge is -2.19. The first-order valence-corrected chi connectivity index (χ1v) is 6.61. The van der Waals surface area contributed by atoms with Crippen LogP contribution in [-0.4, -0.2) is 11.5 Å². The third-order valence-corrected chi connectivity index (χ3v) is 3.15. The predicted molar refractivity (Wildman–Crippen MR) is 75.5 cm³/mol. The summed E-state index contributed by atoms with van der Waals surface area (Å²) in [5, 5.41) is 3.44. The van der Waals surface area contributed by atoms with Crippen molar-refractivity contribution in [1.82, 2.24) is 10.3 Å². The zero-order chi connectivity index (χ0) is 13.7. The Hall–Kier alpha value is -1.74. The molecule has 0 fully saturated rings. The van der Waals surface area contributed by atoms with Gasteiger partial charge in [-0.1, -0.05) is 25.1 Å². The second-order valence-electron chi connectivity index (χ2n) is 4.68. The van der Waals surface area contributed by atoms with Gasteiger partial charge in [0.1, 0.15) is 5.82 Å². The van der Waals surface area contributed by atoms with Gasteiger partial charge in [0.05, 0.1) is 6.04 Å². The third kappa shape index (κ3) is 3.38. The molecule has 0 saturated heterocycles.